The SMILES string of the molecule is CSC1(CNC(=O)Nc2ccc(C(=O)O)cc2C)CCC1. The summed E-state index contributed by atoms with van der Waals surface area (Å²) in [5, 5.41) is 14.6. The number of aryl methyl sites for hydroxylation is 1. The molecule has 21 heavy (non-hydrogen) atoms. The Labute approximate surface area is 128 Å². The number of nitrogens with one attached hydrogen (secondary N) is 2. The minimum Gasteiger partial charge on any atom is -0.478 e. The summed E-state index contributed by atoms with van der Waals surface area (Å²) < 4.78 is 0.194. The Kier molecular flexibility index (Phi) is 4.77. The standard InChI is InChI=1S/C15H20N2O3S/c1-10-8-11(13(18)19)4-5-12(10)17-14(20)16-9-15(21-2)6-3-7-15/h4-5,8H,3,6-7,9H2,1-2H3,(H,18,19)(H2,16,17,20). The van der Waals surface area contributed by atoms with Crippen LogP contribution in [0.5, 0.6) is 0 Å². The van der Waals surface area contributed by atoms with Crippen molar-refractivity contribution in [1.29, 1.82) is 0 Å². The second-order valence-electron chi connectivity index (χ2n) is 5.38. The predicted octanol–water partition coefficient (Wildman–Crippen LogP) is 3.10. The van der Waals surface area contributed by atoms with Crippen molar-refractivity contribution < 1.29 is 14.7 Å². The second-order valence-corrected chi connectivity index (χ2v) is 6.66. The van der Waals surface area contributed by atoms with E-state index in [4.69, 9.17) is 5.11 Å². The van der Waals surface area contributed by atoms with Gasteiger partial charge in [0.2, 0.25) is 0 Å². The van der Waals surface area contributed by atoms with Gasteiger partial charge >= 0.3 is 12.0 Å². The van der Waals surface area contributed by atoms with Crippen LogP contribution < -0.4 is 10.6 Å². The third-order valence-electron chi connectivity index (χ3n) is 3.99. The molecular weight excluding hydrogens is 288 g/mol. The van der Waals surface area contributed by atoms with Gasteiger partial charge in [-0.25, -0.2) is 9.59 Å². The quantitative estimate of drug-likeness (QED) is 0.781. The van der Waals surface area contributed by atoms with Crippen LogP contribution in [0.4, 0.5) is 10.5 Å². The van der Waals surface area contributed by atoms with E-state index in [1.54, 1.807) is 19.1 Å². The predicted molar refractivity (Wildman–Crippen MR) is 85.3 cm³/mol. The molecule has 1 aromatic rings. The molecule has 0 aliphatic heterocycles. The monoisotopic (exact) mass is 308 g/mol. The summed E-state index contributed by atoms with van der Waals surface area (Å²) in [6, 6.07) is 4.40. The van der Waals surface area contributed by atoms with Crippen LogP contribution in [-0.2, 0) is 0 Å². The van der Waals surface area contributed by atoms with Crippen molar-refractivity contribution in [3.05, 3.63) is 29.3 Å². The number of aromatic carboxylic acids is 1. The smallest absolute Gasteiger partial charge is 0.335 e. The van der Waals surface area contributed by atoms with E-state index in [1.807, 2.05) is 11.8 Å². The lowest BCUT2D eigenvalue weighted by Crippen LogP contribution is -2.46. The second kappa shape index (κ2) is 6.39. The van der Waals surface area contributed by atoms with Crippen molar-refractivity contribution in [3.63, 3.8) is 0 Å². The van der Waals surface area contributed by atoms with Gasteiger partial charge in [0.15, 0.2) is 0 Å². The largest absolute Gasteiger partial charge is 0.478 e. The zero-order chi connectivity index (χ0) is 15.5. The Morgan fingerprint density at radius 2 is 2.10 bits per heavy atom. The van der Waals surface area contributed by atoms with Crippen LogP contribution in [0, 0.1) is 6.92 Å². The number of carbonyl (C=O) groups is 2. The lowest BCUT2D eigenvalue weighted by atomic mass is 9.84. The summed E-state index contributed by atoms with van der Waals surface area (Å²) in [5.74, 6) is -0.971. The highest BCUT2D eigenvalue weighted by atomic mass is 32.2. The number of rotatable bonds is 5. The van der Waals surface area contributed by atoms with Gasteiger partial charge in [0.25, 0.3) is 0 Å². The number of anilines is 1. The fraction of sp³-hybridized carbons (Fsp3) is 0.467. The number of benzene rings is 1. The maximum Gasteiger partial charge on any atom is 0.335 e. The van der Waals surface area contributed by atoms with Crippen LogP contribution >= 0.6 is 11.8 Å². The number of hydrogen-bond donors (Lipinski definition) is 3. The van der Waals surface area contributed by atoms with Gasteiger partial charge in [-0.2, -0.15) is 11.8 Å². The van der Waals surface area contributed by atoms with Crippen LogP contribution in [0.2, 0.25) is 0 Å². The lowest BCUT2D eigenvalue weighted by Gasteiger charge is -2.40. The fourth-order valence-corrected chi connectivity index (χ4v) is 3.28. The Hall–Kier alpha value is -1.69. The summed E-state index contributed by atoms with van der Waals surface area (Å²) in [7, 11) is 0. The molecule has 0 atom stereocenters. The van der Waals surface area contributed by atoms with Crippen LogP contribution in [0.3, 0.4) is 0 Å². The van der Waals surface area contributed by atoms with Gasteiger partial charge in [-0.1, -0.05) is 6.42 Å². The van der Waals surface area contributed by atoms with Gasteiger partial charge in [-0.15, -0.1) is 0 Å². The third-order valence-corrected chi connectivity index (χ3v) is 5.41. The van der Waals surface area contributed by atoms with E-state index in [1.165, 1.54) is 12.5 Å². The first-order chi connectivity index (χ1) is 9.96. The normalized spacial score (nSPS) is 15.9. The zero-order valence-electron chi connectivity index (χ0n) is 12.2. The molecule has 0 saturated heterocycles. The van der Waals surface area contributed by atoms with Crippen LogP contribution in [0.25, 0.3) is 0 Å². The van der Waals surface area contributed by atoms with Crippen LogP contribution in [0.15, 0.2) is 18.2 Å². The number of carboxylic acids is 1. The number of carboxylic acid groups (broad SMARTS) is 1. The lowest BCUT2D eigenvalue weighted by molar-refractivity contribution is 0.0697. The van der Waals surface area contributed by atoms with Crippen molar-refractivity contribution in [2.75, 3.05) is 18.1 Å². The third kappa shape index (κ3) is 3.69. The zero-order valence-corrected chi connectivity index (χ0v) is 13.0. The molecule has 3 N–H and O–H groups in total. The summed E-state index contributed by atoms with van der Waals surface area (Å²) in [6.07, 6.45) is 5.58. The molecule has 1 saturated carbocycles. The number of hydrogen-bond acceptors (Lipinski definition) is 3. The molecule has 0 heterocycles. The number of amides is 2. The van der Waals surface area contributed by atoms with E-state index in [2.05, 4.69) is 16.9 Å². The molecule has 1 aliphatic carbocycles. The van der Waals surface area contributed by atoms with Gasteiger partial charge in [0.05, 0.1) is 5.56 Å². The van der Waals surface area contributed by atoms with Crippen molar-refractivity contribution in [3.8, 4) is 0 Å². The molecule has 2 rings (SSSR count). The molecule has 1 aliphatic rings. The van der Waals surface area contributed by atoms with Gasteiger partial charge in [0.1, 0.15) is 0 Å². The molecule has 0 spiro atoms. The Morgan fingerprint density at radius 1 is 1.38 bits per heavy atom. The maximum atomic E-state index is 11.9. The van der Waals surface area contributed by atoms with Crippen molar-refractivity contribution >= 4 is 29.4 Å². The molecule has 0 aromatic heterocycles. The van der Waals surface area contributed by atoms with Crippen LogP contribution in [-0.4, -0.2) is 34.7 Å². The minimum atomic E-state index is -0.971. The van der Waals surface area contributed by atoms with Crippen molar-refractivity contribution in [2.45, 2.75) is 30.9 Å². The molecule has 0 radical (unpaired) electrons. The van der Waals surface area contributed by atoms with Gasteiger partial charge in [0, 0.05) is 17.0 Å². The first-order valence-electron chi connectivity index (χ1n) is 6.90. The summed E-state index contributed by atoms with van der Waals surface area (Å²) >= 11 is 1.81. The summed E-state index contributed by atoms with van der Waals surface area (Å²) in [5.41, 5.74) is 1.58. The molecule has 1 aromatic carbocycles. The van der Waals surface area contributed by atoms with Crippen LogP contribution in [0.1, 0.15) is 35.2 Å². The highest BCUT2D eigenvalue weighted by Gasteiger charge is 2.36. The Morgan fingerprint density at radius 3 is 2.57 bits per heavy atom. The molecule has 1 fully saturated rings. The molecule has 0 unspecified atom stereocenters. The maximum absolute atomic E-state index is 11.9. The Balaban J connectivity index is 1.92. The number of carbonyl (C=O) groups excluding carboxylic acids is 1. The first kappa shape index (κ1) is 15.7. The fourth-order valence-electron chi connectivity index (χ4n) is 2.37. The van der Waals surface area contributed by atoms with Gasteiger partial charge < -0.3 is 15.7 Å². The average molecular weight is 308 g/mol. The summed E-state index contributed by atoms with van der Waals surface area (Å²) in [6.45, 7) is 2.43. The topological polar surface area (TPSA) is 78.4 Å². The van der Waals surface area contributed by atoms with E-state index in [9.17, 15) is 9.59 Å². The van der Waals surface area contributed by atoms with Crippen molar-refractivity contribution in [2.24, 2.45) is 0 Å². The van der Waals surface area contributed by atoms with E-state index in [0.717, 1.165) is 18.4 Å². The molecule has 5 nitrogen and oxygen atoms in total. The van der Waals surface area contributed by atoms with E-state index in [-0.39, 0.29) is 16.3 Å². The van der Waals surface area contributed by atoms with E-state index in [0.29, 0.717) is 12.2 Å². The number of thioether (sulfide) groups is 1. The Bertz CT molecular complexity index is 550. The van der Waals surface area contributed by atoms with Gasteiger partial charge in [-0.05, 0) is 49.8 Å². The number of urea groups is 1. The molecule has 0 bridgehead atoms. The minimum absolute atomic E-state index is 0.194. The average Bonchev–Trinajstić information content (AvgIpc) is 2.40. The van der Waals surface area contributed by atoms with E-state index < -0.39 is 5.97 Å². The first-order valence-corrected chi connectivity index (χ1v) is 8.12. The highest BCUT2D eigenvalue weighted by molar-refractivity contribution is 8.00. The molecule has 114 valence electrons. The van der Waals surface area contributed by atoms with Gasteiger partial charge in [-0.3, -0.25) is 0 Å². The molecule has 2 amide bonds. The summed E-state index contributed by atoms with van der Waals surface area (Å²) in [4.78, 5) is 22.8. The highest BCUT2D eigenvalue weighted by Crippen LogP contribution is 2.42. The van der Waals surface area contributed by atoms with Crippen molar-refractivity contribution in [1.82, 2.24) is 5.32 Å². The molecular formula is C15H20N2O3S. The van der Waals surface area contributed by atoms with E-state index >= 15 is 0 Å². The molecule has 6 heteroatoms.